The van der Waals surface area contributed by atoms with E-state index in [4.69, 9.17) is 9.47 Å². The fourth-order valence-corrected chi connectivity index (χ4v) is 4.23. The summed E-state index contributed by atoms with van der Waals surface area (Å²) in [6.45, 7) is 6.66. The number of anilines is 2. The van der Waals surface area contributed by atoms with E-state index in [2.05, 4.69) is 17.1 Å². The number of benzene rings is 1. The molecule has 2 aliphatic rings. The number of esters is 2. The average molecular weight is 423 g/mol. The number of hydrogen-bond acceptors (Lipinski definition) is 8. The molecule has 0 amide bonds. The molecule has 29 heavy (non-hydrogen) atoms. The van der Waals surface area contributed by atoms with Gasteiger partial charge < -0.3 is 19.7 Å². The third kappa shape index (κ3) is 4.90. The van der Waals surface area contributed by atoms with Gasteiger partial charge in [-0.15, -0.1) is 0 Å². The van der Waals surface area contributed by atoms with Gasteiger partial charge in [-0.05, 0) is 37.0 Å². The van der Waals surface area contributed by atoms with Gasteiger partial charge in [0.05, 0.1) is 10.6 Å². The van der Waals surface area contributed by atoms with Gasteiger partial charge in [0.2, 0.25) is 0 Å². The predicted octanol–water partition coefficient (Wildman–Crippen LogP) is 2.46. The van der Waals surface area contributed by atoms with Crippen LogP contribution in [0.15, 0.2) is 34.9 Å². The van der Waals surface area contributed by atoms with Crippen LogP contribution < -0.4 is 10.2 Å². The SMILES string of the molecule is CC1CCN(c2cc(NC=C3C(=O)OC(C)(C)OC3=O)ccc2S(C)(=O)=O)CC1. The summed E-state index contributed by atoms with van der Waals surface area (Å²) in [5.41, 5.74) is 0.895. The molecule has 1 aromatic carbocycles. The number of cyclic esters (lactones) is 2. The van der Waals surface area contributed by atoms with E-state index in [9.17, 15) is 18.0 Å². The Morgan fingerprint density at radius 1 is 1.14 bits per heavy atom. The zero-order chi connectivity index (χ0) is 21.4. The van der Waals surface area contributed by atoms with Crippen molar-refractivity contribution in [3.05, 3.63) is 30.0 Å². The molecule has 2 heterocycles. The number of ether oxygens (including phenoxy) is 2. The normalized spacial score (nSPS) is 20.1. The summed E-state index contributed by atoms with van der Waals surface area (Å²) in [7, 11) is -3.41. The van der Waals surface area contributed by atoms with Crippen LogP contribution in [0.5, 0.6) is 0 Å². The van der Waals surface area contributed by atoms with Crippen molar-refractivity contribution in [3.63, 3.8) is 0 Å². The molecular formula is C20H26N2O6S. The first kappa shape index (κ1) is 21.2. The van der Waals surface area contributed by atoms with E-state index in [1.807, 2.05) is 0 Å². The summed E-state index contributed by atoms with van der Waals surface area (Å²) < 4.78 is 34.6. The van der Waals surface area contributed by atoms with Crippen molar-refractivity contribution in [3.8, 4) is 0 Å². The van der Waals surface area contributed by atoms with Crippen molar-refractivity contribution in [2.75, 3.05) is 29.6 Å². The Morgan fingerprint density at radius 3 is 2.28 bits per heavy atom. The van der Waals surface area contributed by atoms with Gasteiger partial charge in [-0.25, -0.2) is 18.0 Å². The maximum Gasteiger partial charge on any atom is 0.350 e. The number of hydrogen-bond donors (Lipinski definition) is 1. The molecule has 0 unspecified atom stereocenters. The Morgan fingerprint density at radius 2 is 1.72 bits per heavy atom. The van der Waals surface area contributed by atoms with Crippen LogP contribution >= 0.6 is 0 Å². The molecule has 2 fully saturated rings. The molecule has 9 heteroatoms. The van der Waals surface area contributed by atoms with Crippen molar-refractivity contribution in [1.29, 1.82) is 0 Å². The summed E-state index contributed by atoms with van der Waals surface area (Å²) >= 11 is 0. The highest BCUT2D eigenvalue weighted by Gasteiger charge is 2.39. The summed E-state index contributed by atoms with van der Waals surface area (Å²) in [5, 5.41) is 2.88. The van der Waals surface area contributed by atoms with Crippen molar-refractivity contribution in [2.45, 2.75) is 44.3 Å². The minimum Gasteiger partial charge on any atom is -0.419 e. The topological polar surface area (TPSA) is 102 Å². The maximum absolute atomic E-state index is 12.2. The molecule has 0 bridgehead atoms. The molecule has 0 radical (unpaired) electrons. The second-order valence-corrected chi connectivity index (χ2v) is 9.99. The summed E-state index contributed by atoms with van der Waals surface area (Å²) in [6.07, 6.45) is 4.37. The van der Waals surface area contributed by atoms with Gasteiger partial charge in [-0.3, -0.25) is 0 Å². The molecule has 2 saturated heterocycles. The summed E-state index contributed by atoms with van der Waals surface area (Å²) in [5.74, 6) is -2.26. The molecule has 1 aromatic rings. The molecule has 0 atom stereocenters. The monoisotopic (exact) mass is 422 g/mol. The maximum atomic E-state index is 12.2. The summed E-state index contributed by atoms with van der Waals surface area (Å²) in [4.78, 5) is 26.4. The summed E-state index contributed by atoms with van der Waals surface area (Å²) in [6, 6.07) is 4.84. The van der Waals surface area contributed by atoms with Gasteiger partial charge in [0.15, 0.2) is 15.4 Å². The number of rotatable bonds is 4. The van der Waals surface area contributed by atoms with Crippen molar-refractivity contribution >= 4 is 33.2 Å². The molecular weight excluding hydrogens is 396 g/mol. The van der Waals surface area contributed by atoms with E-state index in [-0.39, 0.29) is 10.5 Å². The number of carbonyl (C=O) groups excluding carboxylic acids is 2. The van der Waals surface area contributed by atoms with Gasteiger partial charge in [0.25, 0.3) is 5.79 Å². The zero-order valence-electron chi connectivity index (χ0n) is 17.0. The Hall–Kier alpha value is -2.55. The first-order valence-corrected chi connectivity index (χ1v) is 11.4. The molecule has 2 aliphatic heterocycles. The smallest absolute Gasteiger partial charge is 0.350 e. The Kier molecular flexibility index (Phi) is 5.62. The van der Waals surface area contributed by atoms with Gasteiger partial charge >= 0.3 is 11.9 Å². The molecule has 0 saturated carbocycles. The zero-order valence-corrected chi connectivity index (χ0v) is 17.8. The fourth-order valence-electron chi connectivity index (χ4n) is 3.35. The number of nitrogens with zero attached hydrogens (tertiary/aromatic N) is 1. The number of nitrogens with one attached hydrogen (secondary N) is 1. The first-order valence-electron chi connectivity index (χ1n) is 9.49. The fraction of sp³-hybridized carbons (Fsp3) is 0.500. The van der Waals surface area contributed by atoms with Crippen molar-refractivity contribution in [2.24, 2.45) is 5.92 Å². The standard InChI is InChI=1S/C20H26N2O6S/c1-13-7-9-22(10-8-13)16-11-14(5-6-17(16)29(4,25)26)21-12-15-18(23)27-20(2,3)28-19(15)24/h5-6,11-13,21H,7-10H2,1-4H3. The lowest BCUT2D eigenvalue weighted by Crippen LogP contribution is -2.42. The van der Waals surface area contributed by atoms with E-state index in [1.165, 1.54) is 32.4 Å². The molecule has 3 rings (SSSR count). The number of piperidine rings is 1. The minimum atomic E-state index is -3.41. The van der Waals surface area contributed by atoms with Gasteiger partial charge in [0.1, 0.15) is 0 Å². The van der Waals surface area contributed by atoms with E-state index in [1.54, 1.807) is 12.1 Å². The lowest BCUT2D eigenvalue weighted by atomic mass is 9.99. The molecule has 158 valence electrons. The lowest BCUT2D eigenvalue weighted by Gasteiger charge is -2.33. The molecule has 0 aromatic heterocycles. The third-order valence-electron chi connectivity index (χ3n) is 4.98. The van der Waals surface area contributed by atoms with E-state index in [0.29, 0.717) is 17.3 Å². The van der Waals surface area contributed by atoms with Crippen LogP contribution in [0.2, 0.25) is 0 Å². The van der Waals surface area contributed by atoms with E-state index >= 15 is 0 Å². The highest BCUT2D eigenvalue weighted by Crippen LogP contribution is 2.32. The van der Waals surface area contributed by atoms with Gasteiger partial charge in [-0.2, -0.15) is 0 Å². The first-order chi connectivity index (χ1) is 13.5. The minimum absolute atomic E-state index is 0.253. The van der Waals surface area contributed by atoms with E-state index in [0.717, 1.165) is 25.9 Å². The second kappa shape index (κ2) is 7.70. The van der Waals surface area contributed by atoms with Crippen LogP contribution in [0, 0.1) is 5.92 Å². The van der Waals surface area contributed by atoms with Crippen LogP contribution in [-0.2, 0) is 28.9 Å². The quantitative estimate of drug-likeness (QED) is 0.449. The molecule has 0 aliphatic carbocycles. The second-order valence-electron chi connectivity index (χ2n) is 8.01. The largest absolute Gasteiger partial charge is 0.419 e. The number of sulfone groups is 1. The molecule has 0 spiro atoms. The van der Waals surface area contributed by atoms with Crippen molar-refractivity contribution in [1.82, 2.24) is 0 Å². The van der Waals surface area contributed by atoms with Crippen LogP contribution in [0.3, 0.4) is 0 Å². The van der Waals surface area contributed by atoms with Gasteiger partial charge in [-0.1, -0.05) is 6.92 Å². The van der Waals surface area contributed by atoms with Crippen LogP contribution in [0.1, 0.15) is 33.6 Å². The highest BCUT2D eigenvalue weighted by molar-refractivity contribution is 7.90. The Labute approximate surface area is 170 Å². The molecule has 8 nitrogen and oxygen atoms in total. The molecule has 1 N–H and O–H groups in total. The average Bonchev–Trinajstić information content (AvgIpc) is 2.59. The van der Waals surface area contributed by atoms with Crippen LogP contribution in [0.4, 0.5) is 11.4 Å². The lowest BCUT2D eigenvalue weighted by molar-refractivity contribution is -0.222. The third-order valence-corrected chi connectivity index (χ3v) is 6.13. The van der Waals surface area contributed by atoms with E-state index < -0.39 is 27.6 Å². The van der Waals surface area contributed by atoms with Gasteiger partial charge in [0, 0.05) is 45.1 Å². The number of carbonyl (C=O) groups is 2. The van der Waals surface area contributed by atoms with Crippen molar-refractivity contribution < 1.29 is 27.5 Å². The van der Waals surface area contributed by atoms with Crippen LogP contribution in [-0.4, -0.2) is 45.5 Å². The Bertz CT molecular complexity index is 937. The Balaban J connectivity index is 1.88. The van der Waals surface area contributed by atoms with Crippen LogP contribution in [0.25, 0.3) is 0 Å². The highest BCUT2D eigenvalue weighted by atomic mass is 32.2. The predicted molar refractivity (Wildman–Crippen MR) is 108 cm³/mol.